The Labute approximate surface area is 124 Å². The van der Waals surface area contributed by atoms with Crippen molar-refractivity contribution in [2.75, 3.05) is 11.3 Å². The molecule has 0 aliphatic heterocycles. The van der Waals surface area contributed by atoms with Crippen molar-refractivity contribution in [1.82, 2.24) is 4.98 Å². The number of nitrogens with zero attached hydrogens (tertiary/aromatic N) is 1. The maximum absolute atomic E-state index is 12.0. The van der Waals surface area contributed by atoms with Crippen LogP contribution in [0.2, 0.25) is 0 Å². The summed E-state index contributed by atoms with van der Waals surface area (Å²) in [6.07, 6.45) is -3.39. The summed E-state index contributed by atoms with van der Waals surface area (Å²) in [6, 6.07) is 10.1. The lowest BCUT2D eigenvalue weighted by atomic mass is 10.4. The Hall–Kier alpha value is -2.29. The number of hydrogen-bond acceptors (Lipinski definition) is 4. The average molecular weight is 332 g/mol. The zero-order valence-corrected chi connectivity index (χ0v) is 11.9. The third kappa shape index (κ3) is 4.62. The highest BCUT2D eigenvalue weighted by Crippen LogP contribution is 2.19. The van der Waals surface area contributed by atoms with Crippen molar-refractivity contribution in [2.45, 2.75) is 11.1 Å². The van der Waals surface area contributed by atoms with E-state index >= 15 is 0 Å². The molecule has 0 bridgehead atoms. The standard InChI is InChI=1S/C13H11F3N2O3S/c14-13(15,16)9-21-12-7-6-10(8-17-12)18-22(19,20)11-4-2-1-3-5-11/h1-8,18H,9H2. The summed E-state index contributed by atoms with van der Waals surface area (Å²) in [7, 11) is -3.77. The second-order valence-corrected chi connectivity index (χ2v) is 5.89. The second-order valence-electron chi connectivity index (χ2n) is 4.21. The molecule has 1 aromatic carbocycles. The molecule has 0 saturated heterocycles. The summed E-state index contributed by atoms with van der Waals surface area (Å²) >= 11 is 0. The van der Waals surface area contributed by atoms with E-state index in [1.165, 1.54) is 18.2 Å². The molecule has 0 radical (unpaired) electrons. The van der Waals surface area contributed by atoms with Gasteiger partial charge in [0.25, 0.3) is 10.0 Å². The molecule has 0 amide bonds. The van der Waals surface area contributed by atoms with E-state index in [1.807, 2.05) is 0 Å². The van der Waals surface area contributed by atoms with Gasteiger partial charge in [-0.1, -0.05) is 18.2 Å². The van der Waals surface area contributed by atoms with Gasteiger partial charge in [0, 0.05) is 6.07 Å². The minimum Gasteiger partial charge on any atom is -0.468 e. The number of pyridine rings is 1. The molecule has 0 aliphatic rings. The summed E-state index contributed by atoms with van der Waals surface area (Å²) in [5.74, 6) is -0.250. The van der Waals surface area contributed by atoms with Crippen LogP contribution in [0.4, 0.5) is 18.9 Å². The fourth-order valence-electron chi connectivity index (χ4n) is 1.50. The smallest absolute Gasteiger partial charge is 0.422 e. The maximum Gasteiger partial charge on any atom is 0.422 e. The Kier molecular flexibility index (Phi) is 4.55. The van der Waals surface area contributed by atoms with E-state index in [9.17, 15) is 21.6 Å². The van der Waals surface area contributed by atoms with Gasteiger partial charge >= 0.3 is 6.18 Å². The normalized spacial score (nSPS) is 12.0. The Balaban J connectivity index is 2.05. The van der Waals surface area contributed by atoms with E-state index in [-0.39, 0.29) is 16.5 Å². The fourth-order valence-corrected chi connectivity index (χ4v) is 2.56. The molecule has 22 heavy (non-hydrogen) atoms. The first-order chi connectivity index (χ1) is 10.3. The van der Waals surface area contributed by atoms with E-state index in [0.717, 1.165) is 12.3 Å². The number of anilines is 1. The molecule has 1 aromatic heterocycles. The van der Waals surface area contributed by atoms with Crippen LogP contribution in [-0.2, 0) is 10.0 Å². The van der Waals surface area contributed by atoms with Crippen molar-refractivity contribution >= 4 is 15.7 Å². The van der Waals surface area contributed by atoms with Crippen LogP contribution in [0, 0.1) is 0 Å². The van der Waals surface area contributed by atoms with E-state index < -0.39 is 22.8 Å². The molecule has 0 unspecified atom stereocenters. The van der Waals surface area contributed by atoms with E-state index in [0.29, 0.717) is 0 Å². The second kappa shape index (κ2) is 6.22. The lowest BCUT2D eigenvalue weighted by Gasteiger charge is -2.10. The summed E-state index contributed by atoms with van der Waals surface area (Å²) in [5, 5.41) is 0. The lowest BCUT2D eigenvalue weighted by molar-refractivity contribution is -0.154. The van der Waals surface area contributed by atoms with Crippen LogP contribution in [0.15, 0.2) is 53.6 Å². The SMILES string of the molecule is O=S(=O)(Nc1ccc(OCC(F)(F)F)nc1)c1ccccc1. The van der Waals surface area contributed by atoms with E-state index in [1.54, 1.807) is 18.2 Å². The molecule has 0 atom stereocenters. The Morgan fingerprint density at radius 1 is 1.09 bits per heavy atom. The van der Waals surface area contributed by atoms with Gasteiger partial charge in [0.2, 0.25) is 5.88 Å². The zero-order valence-electron chi connectivity index (χ0n) is 11.0. The molecule has 1 N–H and O–H groups in total. The van der Waals surface area contributed by atoms with Crippen molar-refractivity contribution in [3.63, 3.8) is 0 Å². The number of halogens is 3. The number of ether oxygens (including phenoxy) is 1. The molecular weight excluding hydrogens is 321 g/mol. The number of benzene rings is 1. The molecule has 0 aliphatic carbocycles. The molecule has 2 rings (SSSR count). The zero-order chi connectivity index (χ0) is 16.2. The average Bonchev–Trinajstić information content (AvgIpc) is 2.46. The Bertz CT molecular complexity index is 716. The minimum absolute atomic E-state index is 0.0624. The Morgan fingerprint density at radius 2 is 1.77 bits per heavy atom. The number of aromatic nitrogens is 1. The quantitative estimate of drug-likeness (QED) is 0.914. The van der Waals surface area contributed by atoms with Gasteiger partial charge in [-0.2, -0.15) is 13.2 Å². The topological polar surface area (TPSA) is 68.3 Å². The van der Waals surface area contributed by atoms with Crippen LogP contribution in [0.25, 0.3) is 0 Å². The fraction of sp³-hybridized carbons (Fsp3) is 0.154. The number of alkyl halides is 3. The summed E-state index contributed by atoms with van der Waals surface area (Å²) in [4.78, 5) is 3.67. The summed E-state index contributed by atoms with van der Waals surface area (Å²) in [5.41, 5.74) is 0.114. The van der Waals surface area contributed by atoms with Crippen molar-refractivity contribution < 1.29 is 26.3 Å². The summed E-state index contributed by atoms with van der Waals surface area (Å²) in [6.45, 7) is -1.46. The van der Waals surface area contributed by atoms with Gasteiger partial charge in [0.05, 0.1) is 16.8 Å². The maximum atomic E-state index is 12.0. The highest BCUT2D eigenvalue weighted by atomic mass is 32.2. The number of hydrogen-bond donors (Lipinski definition) is 1. The molecule has 5 nitrogen and oxygen atoms in total. The Morgan fingerprint density at radius 3 is 2.32 bits per heavy atom. The predicted molar refractivity (Wildman–Crippen MR) is 73.0 cm³/mol. The van der Waals surface area contributed by atoms with Crippen molar-refractivity contribution in [3.8, 4) is 5.88 Å². The van der Waals surface area contributed by atoms with Gasteiger partial charge in [-0.3, -0.25) is 4.72 Å². The predicted octanol–water partition coefficient (Wildman–Crippen LogP) is 2.82. The summed E-state index contributed by atoms with van der Waals surface area (Å²) < 4.78 is 66.7. The number of sulfonamides is 1. The molecule has 118 valence electrons. The third-order valence-corrected chi connectivity index (χ3v) is 3.82. The first kappa shape index (κ1) is 16.1. The first-order valence-corrected chi connectivity index (χ1v) is 7.48. The van der Waals surface area contributed by atoms with Gasteiger partial charge in [-0.25, -0.2) is 13.4 Å². The molecular formula is C13H11F3N2O3S. The van der Waals surface area contributed by atoms with Gasteiger partial charge in [0.1, 0.15) is 0 Å². The molecule has 0 fully saturated rings. The van der Waals surface area contributed by atoms with Crippen LogP contribution < -0.4 is 9.46 Å². The van der Waals surface area contributed by atoms with Crippen LogP contribution in [0.3, 0.4) is 0 Å². The van der Waals surface area contributed by atoms with E-state index in [2.05, 4.69) is 14.4 Å². The lowest BCUT2D eigenvalue weighted by Crippen LogP contribution is -2.19. The van der Waals surface area contributed by atoms with Crippen LogP contribution in [0.1, 0.15) is 0 Å². The highest BCUT2D eigenvalue weighted by molar-refractivity contribution is 7.92. The minimum atomic E-state index is -4.46. The third-order valence-electron chi connectivity index (χ3n) is 2.43. The van der Waals surface area contributed by atoms with Crippen molar-refractivity contribution in [3.05, 3.63) is 48.7 Å². The van der Waals surface area contributed by atoms with Crippen LogP contribution >= 0.6 is 0 Å². The van der Waals surface area contributed by atoms with Crippen molar-refractivity contribution in [1.29, 1.82) is 0 Å². The molecule has 2 aromatic rings. The largest absolute Gasteiger partial charge is 0.468 e. The number of nitrogens with one attached hydrogen (secondary N) is 1. The molecule has 1 heterocycles. The van der Waals surface area contributed by atoms with Gasteiger partial charge in [-0.15, -0.1) is 0 Å². The van der Waals surface area contributed by atoms with Crippen molar-refractivity contribution in [2.24, 2.45) is 0 Å². The van der Waals surface area contributed by atoms with Crippen LogP contribution in [0.5, 0.6) is 5.88 Å². The van der Waals surface area contributed by atoms with Crippen LogP contribution in [-0.4, -0.2) is 26.2 Å². The van der Waals surface area contributed by atoms with E-state index in [4.69, 9.17) is 0 Å². The van der Waals surface area contributed by atoms with Gasteiger partial charge in [0.15, 0.2) is 6.61 Å². The van der Waals surface area contributed by atoms with Gasteiger partial charge < -0.3 is 4.74 Å². The van der Waals surface area contributed by atoms with Gasteiger partial charge in [-0.05, 0) is 18.2 Å². The molecule has 9 heteroatoms. The number of rotatable bonds is 5. The molecule has 0 saturated carbocycles. The monoisotopic (exact) mass is 332 g/mol. The highest BCUT2D eigenvalue weighted by Gasteiger charge is 2.28. The first-order valence-electron chi connectivity index (χ1n) is 6.00. The molecule has 0 spiro atoms.